The van der Waals surface area contributed by atoms with E-state index in [9.17, 15) is 9.59 Å². The highest BCUT2D eigenvalue weighted by Crippen LogP contribution is 2.15. The molecule has 0 saturated heterocycles. The highest BCUT2D eigenvalue weighted by molar-refractivity contribution is 7.16. The molecule has 0 aliphatic heterocycles. The van der Waals surface area contributed by atoms with Crippen LogP contribution in [-0.4, -0.2) is 17.0 Å². The van der Waals surface area contributed by atoms with E-state index >= 15 is 0 Å². The van der Waals surface area contributed by atoms with Crippen LogP contribution in [0.5, 0.6) is 0 Å². The summed E-state index contributed by atoms with van der Waals surface area (Å²) in [6.07, 6.45) is 2.01. The largest absolute Gasteiger partial charge is 0.355 e. The maximum atomic E-state index is 11.8. The fraction of sp³-hybridized carbons (Fsp3) is 0.385. The maximum Gasteiger partial charge on any atom is 0.308 e. The van der Waals surface area contributed by atoms with Crippen molar-refractivity contribution in [3.63, 3.8) is 0 Å². The number of para-hydroxylation sites is 1. The predicted molar refractivity (Wildman–Crippen MR) is 74.0 cm³/mol. The van der Waals surface area contributed by atoms with Gasteiger partial charge < -0.3 is 5.32 Å². The summed E-state index contributed by atoms with van der Waals surface area (Å²) in [5, 5.41) is 2.82. The first-order valence-electron chi connectivity index (χ1n) is 6.07. The molecule has 5 heteroatoms. The van der Waals surface area contributed by atoms with Crippen LogP contribution in [0, 0.1) is 0 Å². The number of hydrogen-bond donors (Lipinski definition) is 1. The Bertz CT molecular complexity index is 600. The molecule has 1 aromatic heterocycles. The lowest BCUT2D eigenvalue weighted by Crippen LogP contribution is -2.31. The summed E-state index contributed by atoms with van der Waals surface area (Å²) in [7, 11) is 0. The number of amides is 1. The number of aromatic nitrogens is 1. The highest BCUT2D eigenvalue weighted by atomic mass is 32.1. The summed E-state index contributed by atoms with van der Waals surface area (Å²) in [6, 6.07) is 7.53. The topological polar surface area (TPSA) is 51.1 Å². The number of benzene rings is 1. The second kappa shape index (κ2) is 5.82. The summed E-state index contributed by atoms with van der Waals surface area (Å²) in [6.45, 7) is 2.85. The molecule has 96 valence electrons. The Morgan fingerprint density at radius 2 is 2.17 bits per heavy atom. The molecule has 18 heavy (non-hydrogen) atoms. The van der Waals surface area contributed by atoms with Gasteiger partial charge in [-0.25, -0.2) is 0 Å². The Morgan fingerprint density at radius 3 is 2.94 bits per heavy atom. The smallest absolute Gasteiger partial charge is 0.308 e. The van der Waals surface area contributed by atoms with Crippen molar-refractivity contribution in [2.75, 3.05) is 6.54 Å². The van der Waals surface area contributed by atoms with Gasteiger partial charge in [-0.05, 0) is 18.6 Å². The van der Waals surface area contributed by atoms with Crippen LogP contribution < -0.4 is 10.2 Å². The zero-order valence-electron chi connectivity index (χ0n) is 10.3. The van der Waals surface area contributed by atoms with Gasteiger partial charge >= 0.3 is 4.87 Å². The highest BCUT2D eigenvalue weighted by Gasteiger charge is 2.10. The SMILES string of the molecule is CCCCNC(=O)Cn1c(=O)sc2ccccc21. The lowest BCUT2D eigenvalue weighted by molar-refractivity contribution is -0.121. The van der Waals surface area contributed by atoms with Crippen molar-refractivity contribution in [2.45, 2.75) is 26.3 Å². The van der Waals surface area contributed by atoms with E-state index in [0.717, 1.165) is 23.1 Å². The molecule has 1 aromatic carbocycles. The molecule has 0 fully saturated rings. The van der Waals surface area contributed by atoms with Gasteiger partial charge in [0.2, 0.25) is 5.91 Å². The zero-order valence-corrected chi connectivity index (χ0v) is 11.1. The van der Waals surface area contributed by atoms with Gasteiger partial charge in [-0.3, -0.25) is 14.2 Å². The van der Waals surface area contributed by atoms with E-state index in [1.165, 1.54) is 15.9 Å². The van der Waals surface area contributed by atoms with E-state index in [0.29, 0.717) is 6.54 Å². The average molecular weight is 264 g/mol. The first kappa shape index (κ1) is 12.8. The molecular weight excluding hydrogens is 248 g/mol. The number of unbranched alkanes of at least 4 members (excludes halogenated alkanes) is 1. The molecule has 1 N–H and O–H groups in total. The molecule has 2 rings (SSSR count). The molecule has 0 atom stereocenters. The Labute approximate surface area is 109 Å². The van der Waals surface area contributed by atoms with Crippen molar-refractivity contribution < 1.29 is 4.79 Å². The molecule has 0 bridgehead atoms. The molecule has 1 heterocycles. The molecule has 2 aromatic rings. The van der Waals surface area contributed by atoms with Crippen LogP contribution in [-0.2, 0) is 11.3 Å². The first-order valence-corrected chi connectivity index (χ1v) is 6.89. The molecule has 0 aliphatic rings. The molecule has 0 unspecified atom stereocenters. The number of carbonyl (C=O) groups excluding carboxylic acids is 1. The third-order valence-electron chi connectivity index (χ3n) is 2.73. The standard InChI is InChI=1S/C13H16N2O2S/c1-2-3-8-14-12(16)9-15-10-6-4-5-7-11(10)18-13(15)17/h4-7H,2-3,8-9H2,1H3,(H,14,16). The molecule has 4 nitrogen and oxygen atoms in total. The van der Waals surface area contributed by atoms with Crippen LogP contribution in [0.25, 0.3) is 10.2 Å². The van der Waals surface area contributed by atoms with Crippen LogP contribution in [0.3, 0.4) is 0 Å². The van der Waals surface area contributed by atoms with Gasteiger partial charge in [0.15, 0.2) is 0 Å². The number of carbonyl (C=O) groups is 1. The van der Waals surface area contributed by atoms with Crippen molar-refractivity contribution in [3.05, 3.63) is 33.9 Å². The number of fused-ring (bicyclic) bond motifs is 1. The second-order valence-electron chi connectivity index (χ2n) is 4.13. The third-order valence-corrected chi connectivity index (χ3v) is 3.69. The van der Waals surface area contributed by atoms with Crippen LogP contribution >= 0.6 is 11.3 Å². The van der Waals surface area contributed by atoms with Crippen LogP contribution in [0.2, 0.25) is 0 Å². The molecule has 0 aliphatic carbocycles. The van der Waals surface area contributed by atoms with Gasteiger partial charge in [0.1, 0.15) is 6.54 Å². The first-order chi connectivity index (χ1) is 8.72. The summed E-state index contributed by atoms with van der Waals surface area (Å²) >= 11 is 1.18. The van der Waals surface area contributed by atoms with Gasteiger partial charge in [-0.1, -0.05) is 36.8 Å². The van der Waals surface area contributed by atoms with E-state index < -0.39 is 0 Å². The van der Waals surface area contributed by atoms with Gasteiger partial charge in [-0.2, -0.15) is 0 Å². The Kier molecular flexibility index (Phi) is 4.15. The van der Waals surface area contributed by atoms with Gasteiger partial charge in [0.05, 0.1) is 10.2 Å². The lowest BCUT2D eigenvalue weighted by Gasteiger charge is -2.05. The zero-order chi connectivity index (χ0) is 13.0. The summed E-state index contributed by atoms with van der Waals surface area (Å²) in [4.78, 5) is 23.4. The minimum absolute atomic E-state index is 0.0816. The Morgan fingerprint density at radius 1 is 1.39 bits per heavy atom. The second-order valence-corrected chi connectivity index (χ2v) is 5.12. The van der Waals surface area contributed by atoms with E-state index in [4.69, 9.17) is 0 Å². The van der Waals surface area contributed by atoms with Crippen LogP contribution in [0.15, 0.2) is 29.1 Å². The predicted octanol–water partition coefficient (Wildman–Crippen LogP) is 1.98. The van der Waals surface area contributed by atoms with Crippen molar-refractivity contribution in [1.29, 1.82) is 0 Å². The van der Waals surface area contributed by atoms with Gasteiger partial charge in [0.25, 0.3) is 0 Å². The van der Waals surface area contributed by atoms with E-state index in [2.05, 4.69) is 12.2 Å². The Balaban J connectivity index is 2.14. The van der Waals surface area contributed by atoms with Crippen molar-refractivity contribution >= 4 is 27.5 Å². The Hall–Kier alpha value is -1.62. The monoisotopic (exact) mass is 264 g/mol. The number of thiazole rings is 1. The minimum atomic E-state index is -0.103. The van der Waals surface area contributed by atoms with E-state index in [-0.39, 0.29) is 17.3 Å². The molecular formula is C13H16N2O2S. The van der Waals surface area contributed by atoms with Crippen LogP contribution in [0.1, 0.15) is 19.8 Å². The maximum absolute atomic E-state index is 11.8. The fourth-order valence-electron chi connectivity index (χ4n) is 1.77. The van der Waals surface area contributed by atoms with Crippen molar-refractivity contribution in [2.24, 2.45) is 0 Å². The number of nitrogens with zero attached hydrogens (tertiary/aromatic N) is 1. The number of nitrogens with one attached hydrogen (secondary N) is 1. The summed E-state index contributed by atoms with van der Waals surface area (Å²) < 4.78 is 2.45. The van der Waals surface area contributed by atoms with E-state index in [1.807, 2.05) is 24.3 Å². The molecule has 0 saturated carbocycles. The summed E-state index contributed by atoms with van der Waals surface area (Å²) in [5.41, 5.74) is 0.832. The molecule has 0 spiro atoms. The van der Waals surface area contributed by atoms with E-state index in [1.54, 1.807) is 0 Å². The number of hydrogen-bond acceptors (Lipinski definition) is 3. The minimum Gasteiger partial charge on any atom is -0.355 e. The van der Waals surface area contributed by atoms with Gasteiger partial charge in [-0.15, -0.1) is 0 Å². The van der Waals surface area contributed by atoms with Crippen molar-refractivity contribution in [3.8, 4) is 0 Å². The van der Waals surface area contributed by atoms with Gasteiger partial charge in [0, 0.05) is 6.54 Å². The molecule has 1 amide bonds. The lowest BCUT2D eigenvalue weighted by atomic mass is 10.3. The summed E-state index contributed by atoms with van der Waals surface area (Å²) in [5.74, 6) is -0.103. The molecule has 0 radical (unpaired) electrons. The third kappa shape index (κ3) is 2.79. The number of rotatable bonds is 5. The fourth-order valence-corrected chi connectivity index (χ4v) is 2.66. The normalized spacial score (nSPS) is 10.7. The van der Waals surface area contributed by atoms with Crippen molar-refractivity contribution in [1.82, 2.24) is 9.88 Å². The van der Waals surface area contributed by atoms with Crippen LogP contribution in [0.4, 0.5) is 0 Å². The quantitative estimate of drug-likeness (QED) is 0.840. The average Bonchev–Trinajstić information content (AvgIpc) is 2.67.